The van der Waals surface area contributed by atoms with Crippen molar-refractivity contribution in [2.75, 3.05) is 0 Å². The Labute approximate surface area is 135 Å². The van der Waals surface area contributed by atoms with Crippen molar-refractivity contribution in [3.05, 3.63) is 52.5 Å². The van der Waals surface area contributed by atoms with Crippen molar-refractivity contribution in [3.63, 3.8) is 0 Å². The number of aryl methyl sites for hydroxylation is 1. The van der Waals surface area contributed by atoms with Crippen LogP contribution in [-0.2, 0) is 11.2 Å². The van der Waals surface area contributed by atoms with Crippen LogP contribution >= 0.6 is 11.3 Å². The summed E-state index contributed by atoms with van der Waals surface area (Å²) in [5.41, 5.74) is -0.275. The third kappa shape index (κ3) is 4.39. The zero-order valence-corrected chi connectivity index (χ0v) is 13.8. The second-order valence-corrected chi connectivity index (χ2v) is 6.49. The highest BCUT2D eigenvalue weighted by Gasteiger charge is 2.31. The fourth-order valence-electron chi connectivity index (χ4n) is 2.20. The molecule has 1 amide bonds. The van der Waals surface area contributed by atoms with Gasteiger partial charge in [0.25, 0.3) is 5.91 Å². The quantitative estimate of drug-likeness (QED) is 0.824. The van der Waals surface area contributed by atoms with Gasteiger partial charge in [-0.2, -0.15) is 0 Å². The maximum atomic E-state index is 12.4. The van der Waals surface area contributed by atoms with E-state index in [1.807, 2.05) is 42.6 Å². The Morgan fingerprint density at radius 1 is 1.41 bits per heavy atom. The molecule has 2 rings (SSSR count). The average molecular weight is 318 g/mol. The van der Waals surface area contributed by atoms with Crippen LogP contribution in [0.15, 0.2) is 41.9 Å². The van der Waals surface area contributed by atoms with Gasteiger partial charge in [0.05, 0.1) is 6.04 Å². The lowest BCUT2D eigenvalue weighted by Crippen LogP contribution is -2.46. The van der Waals surface area contributed by atoms with Gasteiger partial charge in [-0.3, -0.25) is 4.79 Å². The van der Waals surface area contributed by atoms with Crippen LogP contribution in [0.4, 0.5) is 0 Å². The van der Waals surface area contributed by atoms with E-state index in [1.165, 1.54) is 11.3 Å². The van der Waals surface area contributed by atoms with Crippen LogP contribution in [0.5, 0.6) is 0 Å². The maximum absolute atomic E-state index is 12.4. The molecular weight excluding hydrogens is 296 g/mol. The summed E-state index contributed by atoms with van der Waals surface area (Å²) in [7, 11) is 0. The van der Waals surface area contributed by atoms with Gasteiger partial charge in [0.15, 0.2) is 0 Å². The molecule has 4 nitrogen and oxygen atoms in total. The topological polar surface area (TPSA) is 62.2 Å². The van der Waals surface area contributed by atoms with Crippen LogP contribution in [0.25, 0.3) is 0 Å². The first-order valence-corrected chi connectivity index (χ1v) is 8.37. The monoisotopic (exact) mass is 318 g/mol. The van der Waals surface area contributed by atoms with Crippen molar-refractivity contribution in [2.24, 2.45) is 0 Å². The molecule has 5 heteroatoms. The van der Waals surface area contributed by atoms with Crippen molar-refractivity contribution >= 4 is 17.2 Å². The van der Waals surface area contributed by atoms with E-state index < -0.39 is 5.60 Å². The number of rotatable bonds is 7. The molecule has 0 aliphatic rings. The molecule has 0 fully saturated rings. The molecule has 0 bridgehead atoms. The van der Waals surface area contributed by atoms with Crippen molar-refractivity contribution in [1.82, 2.24) is 10.3 Å². The summed E-state index contributed by atoms with van der Waals surface area (Å²) in [6.45, 7) is 3.56. The predicted octanol–water partition coefficient (Wildman–Crippen LogP) is 3.09. The lowest BCUT2D eigenvalue weighted by Gasteiger charge is -2.25. The summed E-state index contributed by atoms with van der Waals surface area (Å²) in [5, 5.41) is 16.1. The van der Waals surface area contributed by atoms with Crippen molar-refractivity contribution in [1.29, 1.82) is 0 Å². The fourth-order valence-corrected chi connectivity index (χ4v) is 2.98. The van der Waals surface area contributed by atoms with E-state index in [0.29, 0.717) is 12.8 Å². The second-order valence-electron chi connectivity index (χ2n) is 5.56. The van der Waals surface area contributed by atoms with Gasteiger partial charge in [-0.25, -0.2) is 4.98 Å². The molecular formula is C17H22N2O2S. The standard InChI is InChI=1S/C17H22N2O2S/c1-3-14(15-18-11-12-22-15)19-16(20)17(2,21)10-9-13-7-5-4-6-8-13/h4-8,11-12,14,21H,3,9-10H2,1-2H3,(H,19,20)/t14-,17-/m0/s1. The molecule has 118 valence electrons. The molecule has 2 N–H and O–H groups in total. The SMILES string of the molecule is CC[C@H](NC(=O)[C@@](C)(O)CCc1ccccc1)c1nccs1. The minimum atomic E-state index is -1.39. The van der Waals surface area contributed by atoms with Crippen LogP contribution in [-0.4, -0.2) is 21.6 Å². The van der Waals surface area contributed by atoms with Crippen molar-refractivity contribution < 1.29 is 9.90 Å². The molecule has 0 radical (unpaired) electrons. The Kier molecular flexibility index (Phi) is 5.69. The number of amides is 1. The Hall–Kier alpha value is -1.72. The highest BCUT2D eigenvalue weighted by molar-refractivity contribution is 7.09. The Morgan fingerprint density at radius 2 is 2.14 bits per heavy atom. The highest BCUT2D eigenvalue weighted by atomic mass is 32.1. The van der Waals surface area contributed by atoms with Gasteiger partial charge in [-0.05, 0) is 31.7 Å². The van der Waals surface area contributed by atoms with Crippen molar-refractivity contribution in [2.45, 2.75) is 44.8 Å². The van der Waals surface area contributed by atoms with Gasteiger partial charge in [0.2, 0.25) is 0 Å². The van der Waals surface area contributed by atoms with Gasteiger partial charge >= 0.3 is 0 Å². The fraction of sp³-hybridized carbons (Fsp3) is 0.412. The molecule has 0 aliphatic carbocycles. The van der Waals surface area contributed by atoms with Crippen LogP contribution in [0.2, 0.25) is 0 Å². The lowest BCUT2D eigenvalue weighted by atomic mass is 9.95. The molecule has 0 saturated heterocycles. The molecule has 0 aliphatic heterocycles. The number of thiazole rings is 1. The number of aromatic nitrogens is 1. The molecule has 1 aromatic heterocycles. The van der Waals surface area contributed by atoms with Crippen molar-refractivity contribution in [3.8, 4) is 0 Å². The van der Waals surface area contributed by atoms with Gasteiger partial charge < -0.3 is 10.4 Å². The molecule has 2 aromatic rings. The van der Waals surface area contributed by atoms with Crippen LogP contribution in [0.1, 0.15) is 43.3 Å². The second kappa shape index (κ2) is 7.51. The number of carbonyl (C=O) groups excluding carboxylic acids is 1. The minimum absolute atomic E-state index is 0.143. The first kappa shape index (κ1) is 16.6. The zero-order chi connectivity index (χ0) is 16.0. The third-order valence-corrected chi connectivity index (χ3v) is 4.58. The molecule has 2 atom stereocenters. The van der Waals surface area contributed by atoms with E-state index in [2.05, 4.69) is 10.3 Å². The average Bonchev–Trinajstić information content (AvgIpc) is 3.05. The Bertz CT molecular complexity index is 582. The molecule has 0 saturated carbocycles. The number of nitrogens with zero attached hydrogens (tertiary/aromatic N) is 1. The van der Waals surface area contributed by atoms with Gasteiger partial charge in [-0.15, -0.1) is 11.3 Å². The normalized spacial score (nSPS) is 15.0. The molecule has 0 unspecified atom stereocenters. The summed E-state index contributed by atoms with van der Waals surface area (Å²) >= 11 is 1.51. The molecule has 0 spiro atoms. The first-order chi connectivity index (χ1) is 10.5. The van der Waals surface area contributed by atoms with Gasteiger partial charge in [-0.1, -0.05) is 37.3 Å². The zero-order valence-electron chi connectivity index (χ0n) is 13.0. The summed E-state index contributed by atoms with van der Waals surface area (Å²) in [4.78, 5) is 16.6. The van der Waals surface area contributed by atoms with E-state index in [0.717, 1.165) is 17.0 Å². The first-order valence-electron chi connectivity index (χ1n) is 7.49. The number of nitrogens with one attached hydrogen (secondary N) is 1. The van der Waals surface area contributed by atoms with Gasteiger partial charge in [0, 0.05) is 11.6 Å². The Balaban J connectivity index is 1.94. The minimum Gasteiger partial charge on any atom is -0.380 e. The molecule has 1 aromatic carbocycles. The number of benzene rings is 1. The van der Waals surface area contributed by atoms with E-state index in [-0.39, 0.29) is 11.9 Å². The Morgan fingerprint density at radius 3 is 2.73 bits per heavy atom. The number of aliphatic hydroxyl groups is 1. The van der Waals surface area contributed by atoms with E-state index in [4.69, 9.17) is 0 Å². The van der Waals surface area contributed by atoms with Crippen LogP contribution < -0.4 is 5.32 Å². The van der Waals surface area contributed by atoms with E-state index in [1.54, 1.807) is 13.1 Å². The van der Waals surface area contributed by atoms with E-state index >= 15 is 0 Å². The molecule has 22 heavy (non-hydrogen) atoms. The van der Waals surface area contributed by atoms with Crippen LogP contribution in [0, 0.1) is 0 Å². The number of hydrogen-bond acceptors (Lipinski definition) is 4. The summed E-state index contributed by atoms with van der Waals surface area (Å²) in [6, 6.07) is 9.72. The maximum Gasteiger partial charge on any atom is 0.252 e. The summed E-state index contributed by atoms with van der Waals surface area (Å²) in [6.07, 6.45) is 3.52. The smallest absolute Gasteiger partial charge is 0.252 e. The number of carbonyl (C=O) groups is 1. The third-order valence-electron chi connectivity index (χ3n) is 3.70. The number of hydrogen-bond donors (Lipinski definition) is 2. The highest BCUT2D eigenvalue weighted by Crippen LogP contribution is 2.21. The summed E-state index contributed by atoms with van der Waals surface area (Å²) in [5.74, 6) is -0.342. The predicted molar refractivity (Wildman–Crippen MR) is 88.7 cm³/mol. The molecule has 1 heterocycles. The summed E-state index contributed by atoms with van der Waals surface area (Å²) < 4.78 is 0. The van der Waals surface area contributed by atoms with Crippen LogP contribution in [0.3, 0.4) is 0 Å². The van der Waals surface area contributed by atoms with Gasteiger partial charge in [0.1, 0.15) is 10.6 Å². The van der Waals surface area contributed by atoms with E-state index in [9.17, 15) is 9.90 Å². The largest absolute Gasteiger partial charge is 0.380 e. The lowest BCUT2D eigenvalue weighted by molar-refractivity contribution is -0.139.